The Morgan fingerprint density at radius 3 is 2.58 bits per heavy atom. The minimum Gasteiger partial charge on any atom is -0.392 e. The van der Waals surface area contributed by atoms with Gasteiger partial charge < -0.3 is 5.11 Å². The molecule has 0 aromatic heterocycles. The molecule has 0 atom stereocenters. The second kappa shape index (κ2) is 6.15. The summed E-state index contributed by atoms with van der Waals surface area (Å²) in [7, 11) is -3.77. The molecular weight excluding hydrogens is 269 g/mol. The van der Waals surface area contributed by atoms with Gasteiger partial charge in [-0.3, -0.25) is 0 Å². The normalized spacial score (nSPS) is 11.6. The molecule has 1 rings (SSSR count). The summed E-state index contributed by atoms with van der Waals surface area (Å²) < 4.78 is 39.3. The van der Waals surface area contributed by atoms with Gasteiger partial charge in [0, 0.05) is 12.1 Å². The van der Waals surface area contributed by atoms with Crippen molar-refractivity contribution in [2.75, 3.05) is 13.1 Å². The Kier molecular flexibility index (Phi) is 5.06. The van der Waals surface area contributed by atoms with Crippen LogP contribution in [0.15, 0.2) is 17.0 Å². The number of aliphatic hydroxyl groups excluding tert-OH is 1. The maximum absolute atomic E-state index is 13.6. The third-order valence-electron chi connectivity index (χ3n) is 2.73. The molecule has 0 heterocycles. The quantitative estimate of drug-likeness (QED) is 0.829. The van der Waals surface area contributed by atoms with Gasteiger partial charge in [0.05, 0.1) is 18.0 Å². The molecule has 0 radical (unpaired) electrons. The SMILES string of the molecule is C#CCN(CC)S(=O)(=O)c1cc(C)c(F)c(CO)c1. The maximum Gasteiger partial charge on any atom is 0.243 e. The van der Waals surface area contributed by atoms with Crippen LogP contribution >= 0.6 is 0 Å². The second-order valence-corrected chi connectivity index (χ2v) is 5.94. The zero-order valence-corrected chi connectivity index (χ0v) is 11.7. The molecule has 0 bridgehead atoms. The zero-order chi connectivity index (χ0) is 14.6. The number of hydrogen-bond acceptors (Lipinski definition) is 3. The lowest BCUT2D eigenvalue weighted by molar-refractivity contribution is 0.275. The molecule has 1 N–H and O–H groups in total. The first-order valence-corrected chi connectivity index (χ1v) is 7.16. The molecule has 0 fully saturated rings. The van der Waals surface area contributed by atoms with Crippen molar-refractivity contribution in [1.29, 1.82) is 0 Å². The van der Waals surface area contributed by atoms with E-state index in [2.05, 4.69) is 5.92 Å². The molecule has 19 heavy (non-hydrogen) atoms. The lowest BCUT2D eigenvalue weighted by atomic mass is 10.1. The van der Waals surface area contributed by atoms with Crippen molar-refractivity contribution in [2.45, 2.75) is 25.3 Å². The Morgan fingerprint density at radius 2 is 2.11 bits per heavy atom. The smallest absolute Gasteiger partial charge is 0.243 e. The van der Waals surface area contributed by atoms with Crippen LogP contribution in [-0.2, 0) is 16.6 Å². The summed E-state index contributed by atoms with van der Waals surface area (Å²) in [4.78, 5) is -0.0625. The van der Waals surface area contributed by atoms with Gasteiger partial charge in [0.2, 0.25) is 10.0 Å². The van der Waals surface area contributed by atoms with Crippen LogP contribution in [-0.4, -0.2) is 30.9 Å². The molecule has 4 nitrogen and oxygen atoms in total. The van der Waals surface area contributed by atoms with Crippen LogP contribution in [0.1, 0.15) is 18.1 Å². The van der Waals surface area contributed by atoms with E-state index in [0.29, 0.717) is 0 Å². The topological polar surface area (TPSA) is 57.6 Å². The lowest BCUT2D eigenvalue weighted by Gasteiger charge is -2.19. The minimum absolute atomic E-state index is 0.0460. The molecular formula is C13H16FNO3S. The molecule has 0 aliphatic rings. The molecule has 1 aromatic rings. The van der Waals surface area contributed by atoms with E-state index in [4.69, 9.17) is 11.5 Å². The highest BCUT2D eigenvalue weighted by atomic mass is 32.2. The third-order valence-corrected chi connectivity index (χ3v) is 4.63. The third kappa shape index (κ3) is 3.13. The summed E-state index contributed by atoms with van der Waals surface area (Å²) in [6.45, 7) is 2.72. The Labute approximate surface area is 112 Å². The van der Waals surface area contributed by atoms with Gasteiger partial charge in [-0.1, -0.05) is 12.8 Å². The van der Waals surface area contributed by atoms with Crippen molar-refractivity contribution in [1.82, 2.24) is 4.31 Å². The average molecular weight is 285 g/mol. The van der Waals surface area contributed by atoms with E-state index in [1.54, 1.807) is 6.92 Å². The van der Waals surface area contributed by atoms with Crippen LogP contribution in [0.4, 0.5) is 4.39 Å². The Balaban J connectivity index is 3.37. The number of rotatable bonds is 5. The predicted molar refractivity (Wildman–Crippen MR) is 70.3 cm³/mol. The first kappa shape index (κ1) is 15.6. The maximum atomic E-state index is 13.6. The summed E-state index contributed by atoms with van der Waals surface area (Å²) in [5.41, 5.74) is 0.122. The van der Waals surface area contributed by atoms with Crippen molar-refractivity contribution >= 4 is 10.0 Å². The number of hydrogen-bond donors (Lipinski definition) is 1. The van der Waals surface area contributed by atoms with E-state index in [1.165, 1.54) is 13.0 Å². The van der Waals surface area contributed by atoms with E-state index < -0.39 is 22.4 Å². The summed E-state index contributed by atoms with van der Waals surface area (Å²) in [6.07, 6.45) is 5.13. The van der Waals surface area contributed by atoms with Crippen LogP contribution < -0.4 is 0 Å². The predicted octanol–water partition coefficient (Wildman–Crippen LogP) is 1.27. The number of halogens is 1. The van der Waals surface area contributed by atoms with Crippen LogP contribution in [0, 0.1) is 25.1 Å². The summed E-state index contributed by atoms with van der Waals surface area (Å²) in [6, 6.07) is 2.37. The molecule has 0 saturated heterocycles. The van der Waals surface area contributed by atoms with Crippen LogP contribution in [0.2, 0.25) is 0 Å². The molecule has 6 heteroatoms. The van der Waals surface area contributed by atoms with Gasteiger partial charge in [-0.05, 0) is 24.6 Å². The highest BCUT2D eigenvalue weighted by molar-refractivity contribution is 7.89. The van der Waals surface area contributed by atoms with Gasteiger partial charge in [0.25, 0.3) is 0 Å². The molecule has 0 aliphatic heterocycles. The van der Waals surface area contributed by atoms with Crippen molar-refractivity contribution in [2.24, 2.45) is 0 Å². The second-order valence-electron chi connectivity index (χ2n) is 4.01. The lowest BCUT2D eigenvalue weighted by Crippen LogP contribution is -2.31. The number of aryl methyl sites for hydroxylation is 1. The fourth-order valence-electron chi connectivity index (χ4n) is 1.69. The first-order chi connectivity index (χ1) is 8.88. The Bertz CT molecular complexity index is 605. The zero-order valence-electron chi connectivity index (χ0n) is 10.9. The van der Waals surface area contributed by atoms with Gasteiger partial charge >= 0.3 is 0 Å². The summed E-state index contributed by atoms with van der Waals surface area (Å²) in [5.74, 6) is 1.68. The van der Waals surface area contributed by atoms with Crippen LogP contribution in [0.25, 0.3) is 0 Å². The van der Waals surface area contributed by atoms with Crippen LogP contribution in [0.5, 0.6) is 0 Å². The van der Waals surface area contributed by atoms with Crippen LogP contribution in [0.3, 0.4) is 0 Å². The van der Waals surface area contributed by atoms with Crippen molar-refractivity contribution in [3.8, 4) is 12.3 Å². The first-order valence-electron chi connectivity index (χ1n) is 5.72. The van der Waals surface area contributed by atoms with E-state index in [-0.39, 0.29) is 29.1 Å². The van der Waals surface area contributed by atoms with Crippen molar-refractivity contribution in [3.63, 3.8) is 0 Å². The summed E-state index contributed by atoms with van der Waals surface area (Å²) >= 11 is 0. The largest absolute Gasteiger partial charge is 0.392 e. The van der Waals surface area contributed by atoms with Gasteiger partial charge in [-0.25, -0.2) is 12.8 Å². The molecule has 0 spiro atoms. The fraction of sp³-hybridized carbons (Fsp3) is 0.385. The van der Waals surface area contributed by atoms with Gasteiger partial charge in [-0.15, -0.1) is 6.42 Å². The Morgan fingerprint density at radius 1 is 1.47 bits per heavy atom. The number of sulfonamides is 1. The number of benzene rings is 1. The van der Waals surface area contributed by atoms with E-state index in [9.17, 15) is 12.8 Å². The number of terminal acetylenes is 1. The number of nitrogens with zero attached hydrogens (tertiary/aromatic N) is 1. The van der Waals surface area contributed by atoms with E-state index in [0.717, 1.165) is 10.4 Å². The van der Waals surface area contributed by atoms with Gasteiger partial charge in [0.1, 0.15) is 5.82 Å². The molecule has 0 amide bonds. The van der Waals surface area contributed by atoms with E-state index in [1.807, 2.05) is 0 Å². The Hall–Kier alpha value is -1.42. The van der Waals surface area contributed by atoms with Gasteiger partial charge in [-0.2, -0.15) is 4.31 Å². The monoisotopic (exact) mass is 285 g/mol. The highest BCUT2D eigenvalue weighted by Crippen LogP contribution is 2.22. The number of aliphatic hydroxyl groups is 1. The standard InChI is InChI=1S/C13H16FNO3S/c1-4-6-15(5-2)19(17,18)12-7-10(3)13(14)11(8-12)9-16/h1,7-8,16H,5-6,9H2,2-3H3. The summed E-state index contributed by atoms with van der Waals surface area (Å²) in [5, 5.41) is 9.05. The fourth-order valence-corrected chi connectivity index (χ4v) is 3.19. The average Bonchev–Trinajstić information content (AvgIpc) is 2.38. The van der Waals surface area contributed by atoms with Crippen molar-refractivity contribution in [3.05, 3.63) is 29.1 Å². The molecule has 0 unspecified atom stereocenters. The highest BCUT2D eigenvalue weighted by Gasteiger charge is 2.24. The van der Waals surface area contributed by atoms with E-state index >= 15 is 0 Å². The molecule has 1 aromatic carbocycles. The molecule has 0 saturated carbocycles. The van der Waals surface area contributed by atoms with Crippen molar-refractivity contribution < 1.29 is 17.9 Å². The molecule has 104 valence electrons. The minimum atomic E-state index is -3.77. The molecule has 0 aliphatic carbocycles. The van der Waals surface area contributed by atoms with Gasteiger partial charge in [0.15, 0.2) is 0 Å².